The van der Waals surface area contributed by atoms with Gasteiger partial charge in [-0.3, -0.25) is 14.5 Å². The van der Waals surface area contributed by atoms with Gasteiger partial charge in [0.1, 0.15) is 5.82 Å². The molecule has 0 aromatic heterocycles. The summed E-state index contributed by atoms with van der Waals surface area (Å²) in [6, 6.07) is 12.2. The third-order valence-corrected chi connectivity index (χ3v) is 5.30. The third-order valence-electron chi connectivity index (χ3n) is 5.06. The van der Waals surface area contributed by atoms with Crippen LogP contribution in [0.25, 0.3) is 0 Å². The van der Waals surface area contributed by atoms with Crippen LogP contribution in [0.1, 0.15) is 17.5 Å². The number of hydrogen-bond donors (Lipinski definition) is 1. The highest BCUT2D eigenvalue weighted by molar-refractivity contribution is 6.30. The standard InChI is InChI=1S/C22H25ClFN3O2/c1-16-2-4-17(5-3-16)14-22(29)27-12-10-26(11-13-27)9-8-21(28)25-20-7-6-18(23)15-19(20)24/h2-7,15H,8-14H2,1H3,(H,25,28). The molecular weight excluding hydrogens is 393 g/mol. The number of nitrogens with one attached hydrogen (secondary N) is 1. The smallest absolute Gasteiger partial charge is 0.227 e. The van der Waals surface area contributed by atoms with E-state index in [9.17, 15) is 14.0 Å². The molecule has 3 rings (SSSR count). The molecule has 2 amide bonds. The number of carbonyl (C=O) groups is 2. The largest absolute Gasteiger partial charge is 0.340 e. The maximum atomic E-state index is 13.8. The SMILES string of the molecule is Cc1ccc(CC(=O)N2CCN(CCC(=O)Nc3ccc(Cl)cc3F)CC2)cc1. The second-order valence-corrected chi connectivity index (χ2v) is 7.74. The number of piperazine rings is 1. The lowest BCUT2D eigenvalue weighted by atomic mass is 10.1. The number of amides is 2. The van der Waals surface area contributed by atoms with Gasteiger partial charge >= 0.3 is 0 Å². The zero-order chi connectivity index (χ0) is 20.8. The molecule has 0 saturated carbocycles. The first kappa shape index (κ1) is 21.3. The monoisotopic (exact) mass is 417 g/mol. The highest BCUT2D eigenvalue weighted by Crippen LogP contribution is 2.19. The topological polar surface area (TPSA) is 52.7 Å². The Hall–Kier alpha value is -2.44. The summed E-state index contributed by atoms with van der Waals surface area (Å²) < 4.78 is 13.8. The van der Waals surface area contributed by atoms with E-state index in [1.807, 2.05) is 36.1 Å². The Labute approximate surface area is 175 Å². The molecule has 0 unspecified atom stereocenters. The quantitative estimate of drug-likeness (QED) is 0.782. The minimum absolute atomic E-state index is 0.129. The fourth-order valence-corrected chi connectivity index (χ4v) is 3.44. The normalized spacial score (nSPS) is 14.7. The van der Waals surface area contributed by atoms with Crippen LogP contribution in [-0.4, -0.2) is 54.3 Å². The molecule has 7 heteroatoms. The van der Waals surface area contributed by atoms with Crippen molar-refractivity contribution in [3.8, 4) is 0 Å². The molecule has 0 radical (unpaired) electrons. The Morgan fingerprint density at radius 1 is 1.07 bits per heavy atom. The molecule has 0 aliphatic carbocycles. The van der Waals surface area contributed by atoms with Gasteiger partial charge in [0.25, 0.3) is 0 Å². The first-order chi connectivity index (χ1) is 13.9. The van der Waals surface area contributed by atoms with E-state index in [1.165, 1.54) is 23.8 Å². The first-order valence-corrected chi connectivity index (χ1v) is 10.1. The summed E-state index contributed by atoms with van der Waals surface area (Å²) in [6.45, 7) is 5.35. The summed E-state index contributed by atoms with van der Waals surface area (Å²) in [7, 11) is 0. The molecule has 0 atom stereocenters. The predicted octanol–water partition coefficient (Wildman–Crippen LogP) is 3.50. The second-order valence-electron chi connectivity index (χ2n) is 7.31. The molecule has 1 saturated heterocycles. The van der Waals surface area contributed by atoms with Gasteiger partial charge in [-0.2, -0.15) is 0 Å². The summed E-state index contributed by atoms with van der Waals surface area (Å²) in [5.41, 5.74) is 2.33. The number of rotatable bonds is 6. The van der Waals surface area contributed by atoms with Crippen molar-refractivity contribution in [1.82, 2.24) is 9.80 Å². The van der Waals surface area contributed by atoms with Crippen molar-refractivity contribution in [2.45, 2.75) is 19.8 Å². The van der Waals surface area contributed by atoms with Crippen molar-refractivity contribution >= 4 is 29.1 Å². The lowest BCUT2D eigenvalue weighted by Gasteiger charge is -2.34. The van der Waals surface area contributed by atoms with Crippen molar-refractivity contribution in [2.75, 3.05) is 38.0 Å². The minimum Gasteiger partial charge on any atom is -0.340 e. The van der Waals surface area contributed by atoms with Crippen molar-refractivity contribution < 1.29 is 14.0 Å². The van der Waals surface area contributed by atoms with Crippen LogP contribution >= 0.6 is 11.6 Å². The predicted molar refractivity (Wildman–Crippen MR) is 113 cm³/mol. The molecule has 1 heterocycles. The lowest BCUT2D eigenvalue weighted by molar-refractivity contribution is -0.132. The molecule has 1 aliphatic heterocycles. The summed E-state index contributed by atoms with van der Waals surface area (Å²) >= 11 is 5.71. The molecule has 5 nitrogen and oxygen atoms in total. The van der Waals surface area contributed by atoms with Crippen molar-refractivity contribution in [1.29, 1.82) is 0 Å². The van der Waals surface area contributed by atoms with Gasteiger partial charge in [0.2, 0.25) is 11.8 Å². The van der Waals surface area contributed by atoms with E-state index in [4.69, 9.17) is 11.6 Å². The molecule has 1 N–H and O–H groups in total. The van der Waals surface area contributed by atoms with Gasteiger partial charge in [0.05, 0.1) is 12.1 Å². The number of aryl methyl sites for hydroxylation is 1. The van der Waals surface area contributed by atoms with Gasteiger partial charge in [-0.25, -0.2) is 4.39 Å². The Morgan fingerprint density at radius 3 is 2.41 bits per heavy atom. The van der Waals surface area contributed by atoms with Gasteiger partial charge in [0, 0.05) is 44.2 Å². The fourth-order valence-electron chi connectivity index (χ4n) is 3.28. The fraction of sp³-hybridized carbons (Fsp3) is 0.364. The van der Waals surface area contributed by atoms with Crippen LogP contribution in [0.4, 0.5) is 10.1 Å². The molecule has 29 heavy (non-hydrogen) atoms. The average Bonchev–Trinajstić information content (AvgIpc) is 2.70. The lowest BCUT2D eigenvalue weighted by Crippen LogP contribution is -2.49. The maximum absolute atomic E-state index is 13.8. The molecule has 2 aromatic carbocycles. The summed E-state index contributed by atoms with van der Waals surface area (Å²) in [4.78, 5) is 28.6. The van der Waals surface area contributed by atoms with Gasteiger partial charge < -0.3 is 10.2 Å². The Bertz CT molecular complexity index is 865. The summed E-state index contributed by atoms with van der Waals surface area (Å²) in [5.74, 6) is -0.667. The van der Waals surface area contributed by atoms with Crippen LogP contribution in [-0.2, 0) is 16.0 Å². The number of benzene rings is 2. The number of anilines is 1. The Morgan fingerprint density at radius 2 is 1.76 bits per heavy atom. The Balaban J connectivity index is 1.39. The van der Waals surface area contributed by atoms with Crippen LogP contribution in [0.3, 0.4) is 0 Å². The minimum atomic E-state index is -0.549. The van der Waals surface area contributed by atoms with Crippen LogP contribution < -0.4 is 5.32 Å². The van der Waals surface area contributed by atoms with Gasteiger partial charge in [-0.1, -0.05) is 41.4 Å². The molecule has 1 fully saturated rings. The van der Waals surface area contributed by atoms with E-state index in [-0.39, 0.29) is 28.9 Å². The maximum Gasteiger partial charge on any atom is 0.227 e. The van der Waals surface area contributed by atoms with E-state index in [2.05, 4.69) is 10.2 Å². The average molecular weight is 418 g/mol. The van der Waals surface area contributed by atoms with Gasteiger partial charge in [-0.05, 0) is 30.7 Å². The molecule has 1 aliphatic rings. The number of carbonyl (C=O) groups excluding carboxylic acids is 2. The zero-order valence-electron chi connectivity index (χ0n) is 16.5. The first-order valence-electron chi connectivity index (χ1n) is 9.71. The van der Waals surface area contributed by atoms with Crippen LogP contribution in [0.5, 0.6) is 0 Å². The van der Waals surface area contributed by atoms with Crippen LogP contribution in [0, 0.1) is 12.7 Å². The molecule has 2 aromatic rings. The Kier molecular flexibility index (Phi) is 7.23. The number of nitrogens with zero attached hydrogens (tertiary/aromatic N) is 2. The number of hydrogen-bond acceptors (Lipinski definition) is 3. The highest BCUT2D eigenvalue weighted by atomic mass is 35.5. The molecule has 154 valence electrons. The summed E-state index contributed by atoms with van der Waals surface area (Å²) in [6.07, 6.45) is 0.675. The van der Waals surface area contributed by atoms with E-state index in [0.717, 1.165) is 18.7 Å². The second kappa shape index (κ2) is 9.85. The highest BCUT2D eigenvalue weighted by Gasteiger charge is 2.21. The number of halogens is 2. The van der Waals surface area contributed by atoms with E-state index in [0.29, 0.717) is 26.1 Å². The van der Waals surface area contributed by atoms with Gasteiger partial charge in [-0.15, -0.1) is 0 Å². The van der Waals surface area contributed by atoms with Crippen molar-refractivity contribution in [3.63, 3.8) is 0 Å². The van der Waals surface area contributed by atoms with Crippen LogP contribution in [0.15, 0.2) is 42.5 Å². The van der Waals surface area contributed by atoms with E-state index < -0.39 is 5.82 Å². The van der Waals surface area contributed by atoms with Crippen LogP contribution in [0.2, 0.25) is 5.02 Å². The van der Waals surface area contributed by atoms with E-state index >= 15 is 0 Å². The van der Waals surface area contributed by atoms with Gasteiger partial charge in [0.15, 0.2) is 0 Å². The zero-order valence-corrected chi connectivity index (χ0v) is 17.2. The van der Waals surface area contributed by atoms with E-state index in [1.54, 1.807) is 0 Å². The molecule has 0 bridgehead atoms. The summed E-state index contributed by atoms with van der Waals surface area (Å²) in [5, 5.41) is 2.86. The van der Waals surface area contributed by atoms with Crippen molar-refractivity contribution in [3.05, 3.63) is 64.4 Å². The molecule has 0 spiro atoms. The van der Waals surface area contributed by atoms with Crippen molar-refractivity contribution in [2.24, 2.45) is 0 Å². The molecular formula is C22H25ClFN3O2. The third kappa shape index (κ3) is 6.27.